The van der Waals surface area contributed by atoms with Crippen LogP contribution in [0.15, 0.2) is 59.9 Å². The van der Waals surface area contributed by atoms with Gasteiger partial charge < -0.3 is 19.8 Å². The van der Waals surface area contributed by atoms with E-state index in [0.29, 0.717) is 40.5 Å². The van der Waals surface area contributed by atoms with Crippen LogP contribution in [0.4, 0.5) is 0 Å². The second-order valence-corrected chi connectivity index (χ2v) is 13.5. The summed E-state index contributed by atoms with van der Waals surface area (Å²) in [6.45, 7) is -0.325. The maximum absolute atomic E-state index is 13.6. The highest BCUT2D eigenvalue weighted by molar-refractivity contribution is 7.92. The Bertz CT molecular complexity index is 1730. The van der Waals surface area contributed by atoms with Gasteiger partial charge in [-0.05, 0) is 37.3 Å². The van der Waals surface area contributed by atoms with Crippen molar-refractivity contribution in [3.8, 4) is 5.75 Å². The number of esters is 1. The fraction of sp³-hybridized carbons (Fsp3) is 0.367. The molecule has 3 aromatic rings. The van der Waals surface area contributed by atoms with E-state index in [1.165, 1.54) is 0 Å². The van der Waals surface area contributed by atoms with Crippen molar-refractivity contribution in [3.05, 3.63) is 70.5 Å². The fourth-order valence-electron chi connectivity index (χ4n) is 5.97. The van der Waals surface area contributed by atoms with E-state index in [1.54, 1.807) is 42.6 Å². The predicted molar refractivity (Wildman–Crippen MR) is 161 cm³/mol. The zero-order valence-corrected chi connectivity index (χ0v) is 24.7. The lowest BCUT2D eigenvalue weighted by atomic mass is 9.95. The number of aromatic nitrogens is 1. The number of H-pyrrole nitrogens is 1. The average molecular weight is 622 g/mol. The second-order valence-electron chi connectivity index (χ2n) is 11.1. The number of carbonyl (C=O) groups is 3. The number of aromatic amines is 1. The van der Waals surface area contributed by atoms with E-state index in [0.717, 1.165) is 24.2 Å². The van der Waals surface area contributed by atoms with Crippen molar-refractivity contribution in [1.29, 1.82) is 0 Å². The third kappa shape index (κ3) is 5.65. The summed E-state index contributed by atoms with van der Waals surface area (Å²) in [5, 5.41) is 1.91. The van der Waals surface area contributed by atoms with Crippen LogP contribution in [0.2, 0.25) is 5.02 Å². The highest BCUT2D eigenvalue weighted by Gasteiger charge is 2.61. The molecule has 43 heavy (non-hydrogen) atoms. The zero-order valence-electron chi connectivity index (χ0n) is 23.2. The normalized spacial score (nSPS) is 21.7. The molecule has 1 saturated carbocycles. The highest BCUT2D eigenvalue weighted by Crippen LogP contribution is 2.39. The lowest BCUT2D eigenvalue weighted by molar-refractivity contribution is -0.156. The Morgan fingerprint density at radius 1 is 1.09 bits per heavy atom. The summed E-state index contributed by atoms with van der Waals surface area (Å²) < 4.78 is 38.9. The first-order valence-corrected chi connectivity index (χ1v) is 16.2. The summed E-state index contributed by atoms with van der Waals surface area (Å²) in [5.41, 5.74) is 1.63. The van der Waals surface area contributed by atoms with Crippen LogP contribution >= 0.6 is 11.6 Å². The van der Waals surface area contributed by atoms with Crippen molar-refractivity contribution < 1.29 is 32.3 Å². The SMILES string of the molecule is [B]c1ccc2[nH]cc(OCC3=C(C(=O)OC4CCCCC4)N4C(=O)C(NC(=O)Cc5ccccc5)C4S(=O)(=O)C3)c2c1Cl. The van der Waals surface area contributed by atoms with Crippen molar-refractivity contribution in [3.63, 3.8) is 0 Å². The number of carbonyl (C=O) groups excluding carboxylic acids is 3. The number of hydrogen-bond donors (Lipinski definition) is 2. The zero-order chi connectivity index (χ0) is 30.3. The molecule has 1 aliphatic carbocycles. The van der Waals surface area contributed by atoms with E-state index in [2.05, 4.69) is 10.3 Å². The number of amides is 2. The maximum atomic E-state index is 13.6. The molecule has 1 saturated heterocycles. The average Bonchev–Trinajstić information content (AvgIpc) is 3.40. The number of nitrogens with one attached hydrogen (secondary N) is 2. The van der Waals surface area contributed by atoms with Crippen molar-refractivity contribution in [2.45, 2.75) is 56.0 Å². The van der Waals surface area contributed by atoms with Crippen LogP contribution in [0.1, 0.15) is 37.7 Å². The van der Waals surface area contributed by atoms with Crippen LogP contribution in [0.3, 0.4) is 0 Å². The van der Waals surface area contributed by atoms with Gasteiger partial charge in [0.25, 0.3) is 5.91 Å². The van der Waals surface area contributed by atoms with E-state index in [-0.39, 0.29) is 35.4 Å². The van der Waals surface area contributed by atoms with Gasteiger partial charge in [-0.1, -0.05) is 59.9 Å². The maximum Gasteiger partial charge on any atom is 0.355 e. The molecule has 222 valence electrons. The molecule has 2 radical (unpaired) electrons. The number of benzene rings is 2. The summed E-state index contributed by atoms with van der Waals surface area (Å²) >= 11 is 6.41. The topological polar surface area (TPSA) is 135 Å². The second kappa shape index (κ2) is 11.7. The largest absolute Gasteiger partial charge is 0.487 e. The standard InChI is InChI=1S/C30H29BClN3O7S/c31-20-11-12-21-24(25(20)32)22(14-33-21)41-15-18-16-43(39,40)29-26(34-23(36)13-17-7-3-1-4-8-17)28(37)35(29)27(18)30(38)42-19-9-5-2-6-10-19/h1,3-4,7-8,11-12,14,19,26,29,33H,2,5-6,9-10,13,15-16H2,(H,34,36). The minimum atomic E-state index is -4.03. The van der Waals surface area contributed by atoms with E-state index < -0.39 is 44.8 Å². The molecule has 2 aliphatic heterocycles. The fourth-order valence-corrected chi connectivity index (χ4v) is 8.23. The number of fused-ring (bicyclic) bond motifs is 2. The third-order valence-electron chi connectivity index (χ3n) is 8.08. The minimum Gasteiger partial charge on any atom is -0.487 e. The number of β-lactam (4-membered cyclic amide) rings is 1. The van der Waals surface area contributed by atoms with E-state index in [1.807, 2.05) is 6.07 Å². The van der Waals surface area contributed by atoms with Gasteiger partial charge >= 0.3 is 5.97 Å². The molecule has 6 rings (SSSR count). The third-order valence-corrected chi connectivity index (χ3v) is 10.5. The van der Waals surface area contributed by atoms with Gasteiger partial charge in [-0.2, -0.15) is 0 Å². The summed E-state index contributed by atoms with van der Waals surface area (Å²) in [5.74, 6) is -2.24. The Hall–Kier alpha value is -3.77. The van der Waals surface area contributed by atoms with Gasteiger partial charge in [0, 0.05) is 16.8 Å². The molecule has 2 fully saturated rings. The first-order valence-electron chi connectivity index (χ1n) is 14.1. The first kappa shape index (κ1) is 29.3. The molecule has 0 bridgehead atoms. The number of halogens is 1. The first-order chi connectivity index (χ1) is 20.6. The summed E-state index contributed by atoms with van der Waals surface area (Å²) in [6.07, 6.45) is 5.44. The molecular weight excluding hydrogens is 593 g/mol. The molecule has 3 aliphatic rings. The Balaban J connectivity index is 1.29. The van der Waals surface area contributed by atoms with Gasteiger partial charge in [-0.15, -0.1) is 0 Å². The van der Waals surface area contributed by atoms with Gasteiger partial charge in [0.1, 0.15) is 38.0 Å². The molecule has 2 aromatic carbocycles. The minimum absolute atomic E-state index is 0.0272. The molecule has 2 atom stereocenters. The molecule has 2 unspecified atom stereocenters. The van der Waals surface area contributed by atoms with Crippen molar-refractivity contribution >= 4 is 63.4 Å². The molecule has 2 N–H and O–H groups in total. The Kier molecular flexibility index (Phi) is 7.99. The van der Waals surface area contributed by atoms with Crippen LogP contribution in [0.25, 0.3) is 10.9 Å². The number of rotatable bonds is 8. The van der Waals surface area contributed by atoms with Gasteiger partial charge in [0.15, 0.2) is 15.2 Å². The smallest absolute Gasteiger partial charge is 0.355 e. The summed E-state index contributed by atoms with van der Waals surface area (Å²) in [6, 6.07) is 10.9. The van der Waals surface area contributed by atoms with Crippen LogP contribution < -0.4 is 15.5 Å². The van der Waals surface area contributed by atoms with E-state index in [4.69, 9.17) is 28.9 Å². The van der Waals surface area contributed by atoms with Gasteiger partial charge in [-0.25, -0.2) is 13.2 Å². The van der Waals surface area contributed by atoms with Gasteiger partial charge in [0.05, 0.1) is 23.1 Å². The van der Waals surface area contributed by atoms with E-state index >= 15 is 0 Å². The molecule has 0 spiro atoms. The lowest BCUT2D eigenvalue weighted by Gasteiger charge is -2.49. The van der Waals surface area contributed by atoms with Crippen molar-refractivity contribution in [1.82, 2.24) is 15.2 Å². The van der Waals surface area contributed by atoms with Crippen LogP contribution in [0.5, 0.6) is 5.75 Å². The molecule has 1 aromatic heterocycles. The Labute approximate surface area is 255 Å². The Morgan fingerprint density at radius 3 is 2.58 bits per heavy atom. The summed E-state index contributed by atoms with van der Waals surface area (Å²) in [4.78, 5) is 43.8. The van der Waals surface area contributed by atoms with Gasteiger partial charge in [0.2, 0.25) is 5.91 Å². The number of hydrogen-bond acceptors (Lipinski definition) is 7. The number of nitrogens with zero attached hydrogens (tertiary/aromatic N) is 1. The quantitative estimate of drug-likeness (QED) is 0.224. The highest BCUT2D eigenvalue weighted by atomic mass is 35.5. The van der Waals surface area contributed by atoms with Crippen LogP contribution in [-0.4, -0.2) is 73.8 Å². The Morgan fingerprint density at radius 2 is 1.84 bits per heavy atom. The predicted octanol–water partition coefficient (Wildman–Crippen LogP) is 2.45. The van der Waals surface area contributed by atoms with Crippen molar-refractivity contribution in [2.24, 2.45) is 0 Å². The molecule has 13 heteroatoms. The van der Waals surface area contributed by atoms with Crippen molar-refractivity contribution in [2.75, 3.05) is 12.4 Å². The van der Waals surface area contributed by atoms with Crippen LogP contribution in [-0.2, 0) is 35.4 Å². The number of ether oxygens (including phenoxy) is 2. The summed E-state index contributed by atoms with van der Waals surface area (Å²) in [7, 11) is 1.93. The lowest BCUT2D eigenvalue weighted by Crippen LogP contribution is -2.75. The monoisotopic (exact) mass is 621 g/mol. The van der Waals surface area contributed by atoms with Gasteiger partial charge in [-0.3, -0.25) is 14.5 Å². The van der Waals surface area contributed by atoms with E-state index in [9.17, 15) is 22.8 Å². The molecular formula is C30H29BClN3O7S. The van der Waals surface area contributed by atoms with Crippen LogP contribution in [0, 0.1) is 0 Å². The molecule has 2 amide bonds. The molecule has 3 heterocycles. The number of sulfone groups is 1. The molecule has 10 nitrogen and oxygen atoms in total.